The molecule has 0 unspecified atom stereocenters. The lowest BCUT2D eigenvalue weighted by atomic mass is 10.1. The zero-order valence-electron chi connectivity index (χ0n) is 17.4. The monoisotopic (exact) mass is 426 g/mol. The number of carbonyl (C=O) groups excluding carboxylic acids is 1. The molecule has 2 aromatic carbocycles. The standard InChI is InChI=1S/C25H22N4OS/c1-17-13-22(18(2)29(17)12-11-19-7-4-3-5-8-19)23-16-31-25(27-23)28-24(30)21-10-6-9-20(14-21)15-26/h3-10,13-14,16H,11-12H2,1-2H3,(H,27,28,30). The van der Waals surface area contributed by atoms with Gasteiger partial charge in [-0.15, -0.1) is 11.3 Å². The molecule has 0 aliphatic rings. The quantitative estimate of drug-likeness (QED) is 0.436. The molecule has 0 saturated carbocycles. The summed E-state index contributed by atoms with van der Waals surface area (Å²) in [5.74, 6) is -0.272. The number of amides is 1. The highest BCUT2D eigenvalue weighted by Crippen LogP contribution is 2.30. The highest BCUT2D eigenvalue weighted by molar-refractivity contribution is 7.14. The van der Waals surface area contributed by atoms with Crippen molar-refractivity contribution in [3.8, 4) is 17.3 Å². The van der Waals surface area contributed by atoms with Crippen LogP contribution in [0, 0.1) is 25.2 Å². The van der Waals surface area contributed by atoms with Gasteiger partial charge in [0, 0.05) is 34.4 Å². The predicted molar refractivity (Wildman–Crippen MR) is 124 cm³/mol. The van der Waals surface area contributed by atoms with Gasteiger partial charge in [0.15, 0.2) is 5.13 Å². The van der Waals surface area contributed by atoms with E-state index in [0.29, 0.717) is 16.3 Å². The van der Waals surface area contributed by atoms with Crippen molar-refractivity contribution in [3.05, 3.63) is 94.1 Å². The molecule has 0 aliphatic heterocycles. The van der Waals surface area contributed by atoms with Gasteiger partial charge in [-0.3, -0.25) is 10.1 Å². The van der Waals surface area contributed by atoms with Gasteiger partial charge in [0.05, 0.1) is 17.3 Å². The Labute approximate surface area is 185 Å². The van der Waals surface area contributed by atoms with Crippen LogP contribution in [-0.4, -0.2) is 15.5 Å². The Bertz CT molecular complexity index is 1260. The van der Waals surface area contributed by atoms with Gasteiger partial charge < -0.3 is 4.57 Å². The smallest absolute Gasteiger partial charge is 0.257 e. The normalized spacial score (nSPS) is 10.6. The summed E-state index contributed by atoms with van der Waals surface area (Å²) in [7, 11) is 0. The van der Waals surface area contributed by atoms with Crippen LogP contribution in [-0.2, 0) is 13.0 Å². The van der Waals surface area contributed by atoms with Gasteiger partial charge in [-0.25, -0.2) is 4.98 Å². The number of nitriles is 1. The summed E-state index contributed by atoms with van der Waals surface area (Å²) in [6.45, 7) is 5.13. The first kappa shape index (κ1) is 20.6. The van der Waals surface area contributed by atoms with Crippen LogP contribution in [0.3, 0.4) is 0 Å². The lowest BCUT2D eigenvalue weighted by Crippen LogP contribution is -2.11. The first-order valence-electron chi connectivity index (χ1n) is 10.0. The van der Waals surface area contributed by atoms with Crippen LogP contribution in [0.5, 0.6) is 0 Å². The van der Waals surface area contributed by atoms with E-state index in [1.165, 1.54) is 28.3 Å². The third-order valence-electron chi connectivity index (χ3n) is 5.30. The van der Waals surface area contributed by atoms with E-state index in [9.17, 15) is 4.79 Å². The highest BCUT2D eigenvalue weighted by Gasteiger charge is 2.15. The molecule has 0 spiro atoms. The van der Waals surface area contributed by atoms with Gasteiger partial charge in [-0.05, 0) is 50.1 Å². The summed E-state index contributed by atoms with van der Waals surface area (Å²) in [6, 6.07) is 21.3. The number of rotatable bonds is 6. The average molecular weight is 427 g/mol. The number of thiazole rings is 1. The molecule has 2 heterocycles. The van der Waals surface area contributed by atoms with Gasteiger partial charge in [0.1, 0.15) is 0 Å². The van der Waals surface area contributed by atoms with E-state index in [0.717, 1.165) is 24.2 Å². The summed E-state index contributed by atoms with van der Waals surface area (Å²) in [5.41, 5.74) is 6.49. The largest absolute Gasteiger partial charge is 0.348 e. The third-order valence-corrected chi connectivity index (χ3v) is 6.05. The predicted octanol–water partition coefficient (Wildman–Crippen LogP) is 5.60. The minimum absolute atomic E-state index is 0.272. The third kappa shape index (κ3) is 4.57. The van der Waals surface area contributed by atoms with Crippen LogP contribution in [0.25, 0.3) is 11.3 Å². The Hall–Kier alpha value is -3.69. The van der Waals surface area contributed by atoms with Crippen molar-refractivity contribution in [2.45, 2.75) is 26.8 Å². The maximum absolute atomic E-state index is 12.5. The fraction of sp³-hybridized carbons (Fsp3) is 0.160. The number of hydrogen-bond acceptors (Lipinski definition) is 4. The van der Waals surface area contributed by atoms with Crippen molar-refractivity contribution in [1.82, 2.24) is 9.55 Å². The summed E-state index contributed by atoms with van der Waals surface area (Å²) >= 11 is 1.39. The zero-order chi connectivity index (χ0) is 21.8. The second-order valence-electron chi connectivity index (χ2n) is 7.36. The SMILES string of the molecule is Cc1cc(-c2csc(NC(=O)c3cccc(C#N)c3)n2)c(C)n1CCc1ccccc1. The number of hydrogen-bond donors (Lipinski definition) is 1. The van der Waals surface area contributed by atoms with E-state index in [4.69, 9.17) is 5.26 Å². The second-order valence-corrected chi connectivity index (χ2v) is 8.21. The molecule has 6 heteroatoms. The maximum atomic E-state index is 12.5. The first-order chi connectivity index (χ1) is 15.0. The zero-order valence-corrected chi connectivity index (χ0v) is 18.2. The van der Waals surface area contributed by atoms with Gasteiger partial charge in [0.2, 0.25) is 0 Å². The van der Waals surface area contributed by atoms with Crippen LogP contribution in [0.1, 0.15) is 32.9 Å². The van der Waals surface area contributed by atoms with E-state index in [1.807, 2.05) is 11.4 Å². The van der Waals surface area contributed by atoms with Crippen molar-refractivity contribution in [3.63, 3.8) is 0 Å². The van der Waals surface area contributed by atoms with Crippen LogP contribution in [0.2, 0.25) is 0 Å². The molecule has 0 saturated heterocycles. The fourth-order valence-electron chi connectivity index (χ4n) is 3.64. The number of aryl methyl sites for hydroxylation is 2. The van der Waals surface area contributed by atoms with Crippen LogP contribution in [0.4, 0.5) is 5.13 Å². The molecular weight excluding hydrogens is 404 g/mol. The van der Waals surface area contributed by atoms with Crippen LogP contribution >= 0.6 is 11.3 Å². The van der Waals surface area contributed by atoms with Crippen LogP contribution < -0.4 is 5.32 Å². The Balaban J connectivity index is 1.50. The summed E-state index contributed by atoms with van der Waals surface area (Å²) < 4.78 is 2.31. The maximum Gasteiger partial charge on any atom is 0.257 e. The number of nitrogens with zero attached hydrogens (tertiary/aromatic N) is 3. The molecule has 154 valence electrons. The number of nitrogens with one attached hydrogen (secondary N) is 1. The van der Waals surface area contributed by atoms with Crippen molar-refractivity contribution in [2.24, 2.45) is 0 Å². The van der Waals surface area contributed by atoms with Crippen LogP contribution in [0.15, 0.2) is 66.0 Å². The summed E-state index contributed by atoms with van der Waals surface area (Å²) in [5, 5.41) is 14.4. The molecule has 1 amide bonds. The van der Waals surface area contributed by atoms with Crippen molar-refractivity contribution in [2.75, 3.05) is 5.32 Å². The highest BCUT2D eigenvalue weighted by atomic mass is 32.1. The Morgan fingerprint density at radius 2 is 1.94 bits per heavy atom. The fourth-order valence-corrected chi connectivity index (χ4v) is 4.35. The Morgan fingerprint density at radius 1 is 1.13 bits per heavy atom. The van der Waals surface area contributed by atoms with Crippen molar-refractivity contribution < 1.29 is 4.79 Å². The molecule has 31 heavy (non-hydrogen) atoms. The van der Waals surface area contributed by atoms with E-state index in [2.05, 4.69) is 65.1 Å². The number of carbonyl (C=O) groups is 1. The number of aromatic nitrogens is 2. The lowest BCUT2D eigenvalue weighted by Gasteiger charge is -2.09. The van der Waals surface area contributed by atoms with Gasteiger partial charge >= 0.3 is 0 Å². The first-order valence-corrected chi connectivity index (χ1v) is 10.9. The molecule has 1 N–H and O–H groups in total. The average Bonchev–Trinajstić information content (AvgIpc) is 3.36. The molecular formula is C25H22N4OS. The van der Waals surface area contributed by atoms with E-state index in [-0.39, 0.29) is 5.91 Å². The minimum Gasteiger partial charge on any atom is -0.348 e. The minimum atomic E-state index is -0.272. The lowest BCUT2D eigenvalue weighted by molar-refractivity contribution is 0.102. The van der Waals surface area contributed by atoms with Gasteiger partial charge in [-0.2, -0.15) is 5.26 Å². The van der Waals surface area contributed by atoms with Gasteiger partial charge in [-0.1, -0.05) is 36.4 Å². The number of benzene rings is 2. The molecule has 0 aliphatic carbocycles. The molecule has 2 aromatic heterocycles. The van der Waals surface area contributed by atoms with Crippen molar-refractivity contribution in [1.29, 1.82) is 5.26 Å². The molecule has 0 radical (unpaired) electrons. The van der Waals surface area contributed by atoms with Crippen molar-refractivity contribution >= 4 is 22.4 Å². The number of anilines is 1. The molecule has 0 bridgehead atoms. The van der Waals surface area contributed by atoms with E-state index >= 15 is 0 Å². The molecule has 0 atom stereocenters. The van der Waals surface area contributed by atoms with Gasteiger partial charge in [0.25, 0.3) is 5.91 Å². The topological polar surface area (TPSA) is 70.7 Å². The van der Waals surface area contributed by atoms with E-state index < -0.39 is 0 Å². The Kier molecular flexibility index (Phi) is 5.96. The summed E-state index contributed by atoms with van der Waals surface area (Å²) in [6.07, 6.45) is 0.969. The Morgan fingerprint density at radius 3 is 2.71 bits per heavy atom. The van der Waals surface area contributed by atoms with E-state index in [1.54, 1.807) is 24.3 Å². The molecule has 4 rings (SSSR count). The molecule has 4 aromatic rings. The molecule has 0 fully saturated rings. The molecule has 5 nitrogen and oxygen atoms in total. The summed E-state index contributed by atoms with van der Waals surface area (Å²) in [4.78, 5) is 17.1. The second kappa shape index (κ2) is 8.99.